The minimum Gasteiger partial charge on any atom is -0.468 e. The summed E-state index contributed by atoms with van der Waals surface area (Å²) < 4.78 is 0. The predicted molar refractivity (Wildman–Crippen MR) is 376 cm³/mol. The highest BCUT2D eigenvalue weighted by molar-refractivity contribution is 5.97. The van der Waals surface area contributed by atoms with Crippen LogP contribution in [0.15, 0.2) is 200 Å². The molecule has 4 atom stereocenters. The van der Waals surface area contributed by atoms with Crippen molar-refractivity contribution in [3.8, 4) is 0 Å². The number of carbonyl (C=O) groups is 1. The Bertz CT molecular complexity index is 3000. The first-order valence-electron chi connectivity index (χ1n) is 34.9. The van der Waals surface area contributed by atoms with E-state index in [-0.39, 0.29) is 5.92 Å². The Morgan fingerprint density at radius 2 is 0.802 bits per heavy atom. The Kier molecular flexibility index (Phi) is 29.7. The van der Waals surface area contributed by atoms with E-state index in [0.717, 1.165) is 56.4 Å². The molecule has 91 heavy (non-hydrogen) atoms. The van der Waals surface area contributed by atoms with Gasteiger partial charge in [-0.3, -0.25) is 4.79 Å². The lowest BCUT2D eigenvalue weighted by Crippen LogP contribution is -3.08. The molecule has 5 fully saturated rings. The van der Waals surface area contributed by atoms with Crippen LogP contribution >= 0.6 is 0 Å². The van der Waals surface area contributed by atoms with Crippen molar-refractivity contribution in [2.45, 2.75) is 127 Å². The number of likely N-dealkylation sites (tertiary alicyclic amines) is 5. The van der Waals surface area contributed by atoms with Gasteiger partial charge in [-0.25, -0.2) is 0 Å². The molecule has 14 rings (SSSR count). The number of piperidine rings is 5. The average Bonchev–Trinajstić information content (AvgIpc) is 2.63. The third-order valence-electron chi connectivity index (χ3n) is 20.3. The first-order chi connectivity index (χ1) is 44.3. The van der Waals surface area contributed by atoms with E-state index in [0.29, 0.717) is 17.2 Å². The molecule has 8 nitrogen and oxygen atoms in total. The van der Waals surface area contributed by atoms with Crippen LogP contribution in [-0.2, 0) is 37.8 Å². The minimum absolute atomic E-state index is 0.220. The number of Topliss-reactive ketones (excluding diaryl/α,β-unsaturated/α-hetero) is 1. The molecule has 7 aromatic rings. The molecule has 0 saturated carbocycles. The maximum Gasteiger partial charge on any atom is 0.166 e. The number of hydrogen-bond donors (Lipinski definition) is 7. The van der Waals surface area contributed by atoms with Gasteiger partial charge in [-0.1, -0.05) is 207 Å². The van der Waals surface area contributed by atoms with Crippen LogP contribution in [-0.4, -0.2) is 77.8 Å². The summed E-state index contributed by atoms with van der Waals surface area (Å²) in [6.45, 7) is 17.5. The van der Waals surface area contributed by atoms with Crippen LogP contribution in [0.5, 0.6) is 0 Å². The maximum absolute atomic E-state index is 12.1. The third kappa shape index (κ3) is 24.1. The van der Waals surface area contributed by atoms with Gasteiger partial charge in [-0.05, 0) is 71.8 Å². The van der Waals surface area contributed by atoms with Crippen molar-refractivity contribution in [1.29, 1.82) is 0 Å². The van der Waals surface area contributed by atoms with Gasteiger partial charge in [0.15, 0.2) is 5.78 Å². The van der Waals surface area contributed by atoms with Gasteiger partial charge in [0.05, 0.1) is 91.1 Å². The molecule has 7 heterocycles. The molecule has 4 unspecified atom stereocenters. The molecule has 8 heteroatoms. The fourth-order valence-corrected chi connectivity index (χ4v) is 14.2. The van der Waals surface area contributed by atoms with Gasteiger partial charge in [0, 0.05) is 91.4 Å². The molecule has 7 aliphatic heterocycles. The molecular weight excluding hydrogens is 1110 g/mol. The van der Waals surface area contributed by atoms with E-state index in [1.54, 1.807) is 0 Å². The molecular formula is C83H115N7O. The Morgan fingerprint density at radius 1 is 0.396 bits per heavy atom. The molecule has 0 amide bonds. The molecule has 0 aliphatic carbocycles. The van der Waals surface area contributed by atoms with Gasteiger partial charge in [-0.2, -0.15) is 49.3 Å². The Balaban J connectivity index is 0.000000137. The molecule has 0 spiro atoms. The second kappa shape index (κ2) is 38.2. The van der Waals surface area contributed by atoms with Crippen molar-refractivity contribution in [2.24, 2.45) is 11.8 Å². The van der Waals surface area contributed by atoms with Crippen molar-refractivity contribution in [3.05, 3.63) is 300 Å². The van der Waals surface area contributed by atoms with Gasteiger partial charge < -0.3 is 34.3 Å². The van der Waals surface area contributed by atoms with E-state index in [2.05, 4.69) is 226 Å². The molecule has 0 aromatic heterocycles. The number of quaternary nitrogens is 7. The quantitative estimate of drug-likeness (QED) is 0.0664. The lowest BCUT2D eigenvalue weighted by atomic mass is 9.75. The van der Waals surface area contributed by atoms with Crippen molar-refractivity contribution in [1.82, 2.24) is 0 Å². The lowest BCUT2D eigenvalue weighted by Gasteiger charge is -2.39. The fraction of sp³-hybridized carbons (Fsp3) is 0.398. The van der Waals surface area contributed by atoms with Gasteiger partial charge in [0.1, 0.15) is 0 Å². The second-order valence-electron chi connectivity index (χ2n) is 27.5. The number of nitrogens with one attached hydrogen (secondary N) is 7. The number of hydrogen-bond acceptors (Lipinski definition) is 1. The number of benzene rings is 7. The zero-order valence-corrected chi connectivity index (χ0v) is 55.8. The van der Waals surface area contributed by atoms with Crippen LogP contribution in [0, 0.1) is 61.2 Å². The van der Waals surface area contributed by atoms with Crippen LogP contribution in [0.4, 0.5) is 0 Å². The van der Waals surface area contributed by atoms with Crippen LogP contribution in [0.3, 0.4) is 0 Å². The molecule has 488 valence electrons. The van der Waals surface area contributed by atoms with E-state index >= 15 is 0 Å². The molecule has 0 bridgehead atoms. The van der Waals surface area contributed by atoms with Crippen molar-refractivity contribution in [3.63, 3.8) is 0 Å². The molecule has 7 N–H and O–H groups in total. The standard InChI is InChI=1S/C13H17NO.2C13H19N.2C12H17N.2C10H13N/c1-14-9-7-12(8-10-14)13(15)11-5-3-2-4-6-11;1-13(8-10-14(2)11-9-13)12-6-4-3-5-7-12;1-14-9-7-13(8-10-14)11-12-5-3-2-4-6-12;1-13-10-6-5-9-12(13)11-7-3-2-4-8-11;1-13-9-7-12(8-10-13)11-5-3-2-4-6-11;2*1-11-7-6-9-4-2-3-5-10(9)8-11/h2-6,12,14H,1,7-10H2;3-7,14H,2,8-11H2,1H3;2-6,13-14H,1,7-11H2;2-4,7-8,12-13H,1,5-6,9-10H2;2-6,12-13H,1,7-10H2;2*2-5,11H,1,6-8H2. The Hall–Kier alpha value is -6.07. The second-order valence-corrected chi connectivity index (χ2v) is 27.5. The summed E-state index contributed by atoms with van der Waals surface area (Å²) in [5.41, 5.74) is 13.2. The molecule has 7 aromatic carbocycles. The van der Waals surface area contributed by atoms with E-state index in [1.807, 2.05) is 30.3 Å². The molecule has 0 radical (unpaired) electrons. The van der Waals surface area contributed by atoms with Crippen LogP contribution in [0.1, 0.15) is 144 Å². The lowest BCUT2D eigenvalue weighted by molar-refractivity contribution is -0.893. The van der Waals surface area contributed by atoms with E-state index in [9.17, 15) is 4.79 Å². The van der Waals surface area contributed by atoms with Gasteiger partial charge >= 0.3 is 0 Å². The molecule has 5 saturated heterocycles. The van der Waals surface area contributed by atoms with E-state index in [1.165, 1.54) is 215 Å². The van der Waals surface area contributed by atoms with Gasteiger partial charge in [0.2, 0.25) is 0 Å². The normalized spacial score (nSPS) is 27.3. The first kappa shape index (κ1) is 70.8. The largest absolute Gasteiger partial charge is 0.468 e. The summed E-state index contributed by atoms with van der Waals surface area (Å²) >= 11 is 0. The predicted octanol–water partition coefficient (Wildman–Crippen LogP) is 7.35. The smallest absolute Gasteiger partial charge is 0.166 e. The van der Waals surface area contributed by atoms with Crippen LogP contribution in [0.25, 0.3) is 0 Å². The first-order valence-corrected chi connectivity index (χ1v) is 34.9. The van der Waals surface area contributed by atoms with Gasteiger partial charge in [-0.15, -0.1) is 0 Å². The average molecular weight is 1230 g/mol. The Labute approximate surface area is 552 Å². The monoisotopic (exact) mass is 1230 g/mol. The number of fused-ring (bicyclic) bond motifs is 2. The number of rotatable bonds is 7. The summed E-state index contributed by atoms with van der Waals surface area (Å²) in [4.78, 5) is 21.9. The highest BCUT2D eigenvalue weighted by atomic mass is 16.1. The van der Waals surface area contributed by atoms with Crippen molar-refractivity contribution >= 4 is 5.78 Å². The van der Waals surface area contributed by atoms with Crippen LogP contribution in [0.2, 0.25) is 0 Å². The highest BCUT2D eigenvalue weighted by Gasteiger charge is 2.31. The zero-order valence-electron chi connectivity index (χ0n) is 55.8. The topological polar surface area (TPSA) is 48.1 Å². The highest BCUT2D eigenvalue weighted by Crippen LogP contribution is 2.31. The fourth-order valence-electron chi connectivity index (χ4n) is 14.2. The number of carbonyl (C=O) groups excluding carboxylic acids is 1. The Morgan fingerprint density at radius 3 is 1.30 bits per heavy atom. The van der Waals surface area contributed by atoms with Crippen molar-refractivity contribution in [2.75, 3.05) is 72.0 Å². The minimum atomic E-state index is 0.220. The SMILES string of the molecule is [CH2-][NH+]1CCC(C(=O)c2ccccc2)CC1.[CH2-][NH+]1CCC(C)(c2ccccc2)CC1.[CH2-][NH+]1CCC(Cc2ccccc2)CC1.[CH2-][NH+]1CCC(c2ccccc2)CC1.[CH2-][NH+]1CCCCC1c1ccccc1.[CH2-][NH+]1CCc2ccccc2C1.[CH2-][NH+]1CCc2ccccc2C1. The van der Waals surface area contributed by atoms with Gasteiger partial charge in [0.25, 0.3) is 0 Å². The summed E-state index contributed by atoms with van der Waals surface area (Å²) in [6, 6.07) is 70.9. The van der Waals surface area contributed by atoms with E-state index in [4.69, 9.17) is 0 Å². The van der Waals surface area contributed by atoms with Crippen molar-refractivity contribution < 1.29 is 39.1 Å². The zero-order chi connectivity index (χ0) is 64.1. The summed E-state index contributed by atoms with van der Waals surface area (Å²) in [7, 11) is 28.3. The maximum atomic E-state index is 12.1. The van der Waals surface area contributed by atoms with Crippen LogP contribution < -0.4 is 34.3 Å². The summed E-state index contributed by atoms with van der Waals surface area (Å²) in [5, 5.41) is 0. The van der Waals surface area contributed by atoms with E-state index < -0.39 is 0 Å². The summed E-state index contributed by atoms with van der Waals surface area (Å²) in [5.74, 6) is 2.20. The molecule has 7 aliphatic rings. The summed E-state index contributed by atoms with van der Waals surface area (Å²) in [6.07, 6.45) is 17.4. The number of ketones is 1. The third-order valence-corrected chi connectivity index (χ3v) is 20.3.